The van der Waals surface area contributed by atoms with E-state index in [4.69, 9.17) is 5.73 Å². The highest BCUT2D eigenvalue weighted by atomic mass is 16.2. The quantitative estimate of drug-likeness (QED) is 0.749. The summed E-state index contributed by atoms with van der Waals surface area (Å²) >= 11 is 0. The summed E-state index contributed by atoms with van der Waals surface area (Å²) in [5.74, 6) is 0. The number of carbonyl (C=O) groups is 1. The fourth-order valence-corrected chi connectivity index (χ4v) is 3.38. The van der Waals surface area contributed by atoms with Crippen LogP contribution in [0, 0.1) is 12.3 Å². The largest absolute Gasteiger partial charge is 0.334 e. The van der Waals surface area contributed by atoms with Crippen molar-refractivity contribution in [2.75, 3.05) is 13.1 Å². The van der Waals surface area contributed by atoms with Crippen molar-refractivity contribution < 1.29 is 4.79 Å². The Hall–Kier alpha value is -1.82. The number of amides is 2. The molecule has 2 fully saturated rings. The first-order valence-corrected chi connectivity index (χ1v) is 7.47. The number of nitrogens with one attached hydrogen (secondary N) is 2. The summed E-state index contributed by atoms with van der Waals surface area (Å²) in [6, 6.07) is 1.75. The van der Waals surface area contributed by atoms with E-state index in [1.807, 2.05) is 6.92 Å². The van der Waals surface area contributed by atoms with Crippen LogP contribution in [0.4, 0.5) is 4.79 Å². The van der Waals surface area contributed by atoms with Crippen LogP contribution < -0.4 is 16.6 Å². The van der Waals surface area contributed by atoms with Crippen LogP contribution in [-0.2, 0) is 6.54 Å². The van der Waals surface area contributed by atoms with E-state index in [1.165, 1.54) is 6.42 Å². The number of aromatic amines is 1. The number of aromatic nitrogens is 1. The second-order valence-electron chi connectivity index (χ2n) is 6.39. The number of nitrogens with two attached hydrogens (primary N) is 1. The van der Waals surface area contributed by atoms with Crippen LogP contribution >= 0.6 is 0 Å². The fraction of sp³-hybridized carbons (Fsp3) is 0.600. The molecule has 4 N–H and O–H groups in total. The predicted octanol–water partition coefficient (Wildman–Crippen LogP) is 0.706. The van der Waals surface area contributed by atoms with Gasteiger partial charge < -0.3 is 20.9 Å². The second-order valence-corrected chi connectivity index (χ2v) is 6.39. The van der Waals surface area contributed by atoms with Crippen molar-refractivity contribution in [3.8, 4) is 0 Å². The van der Waals surface area contributed by atoms with Crippen molar-refractivity contribution in [1.29, 1.82) is 0 Å². The smallest absolute Gasteiger partial charge is 0.317 e. The molecule has 2 aliphatic rings. The first-order chi connectivity index (χ1) is 10.00. The van der Waals surface area contributed by atoms with Gasteiger partial charge in [0.15, 0.2) is 0 Å². The third-order valence-corrected chi connectivity index (χ3v) is 4.90. The minimum atomic E-state index is -0.158. The molecule has 1 aliphatic heterocycles. The van der Waals surface area contributed by atoms with E-state index in [-0.39, 0.29) is 29.6 Å². The van der Waals surface area contributed by atoms with Crippen molar-refractivity contribution in [3.63, 3.8) is 0 Å². The molecule has 0 bridgehead atoms. The number of H-pyrrole nitrogens is 1. The molecule has 0 aromatic carbocycles. The molecule has 1 spiro atoms. The highest BCUT2D eigenvalue weighted by molar-refractivity contribution is 5.74. The Morgan fingerprint density at radius 3 is 2.95 bits per heavy atom. The summed E-state index contributed by atoms with van der Waals surface area (Å²) in [6.07, 6.45) is 5.11. The summed E-state index contributed by atoms with van der Waals surface area (Å²) in [5.41, 5.74) is 7.71. The zero-order chi connectivity index (χ0) is 15.0. The van der Waals surface area contributed by atoms with Gasteiger partial charge in [-0.1, -0.05) is 6.42 Å². The molecule has 21 heavy (non-hydrogen) atoms. The predicted molar refractivity (Wildman–Crippen MR) is 79.9 cm³/mol. The van der Waals surface area contributed by atoms with Gasteiger partial charge in [0.2, 0.25) is 0 Å². The molecule has 2 heterocycles. The molecular weight excluding hydrogens is 268 g/mol. The minimum absolute atomic E-state index is 0.0828. The molecule has 1 aliphatic carbocycles. The van der Waals surface area contributed by atoms with Gasteiger partial charge in [0.05, 0.1) is 0 Å². The number of rotatable bonds is 2. The molecule has 1 saturated carbocycles. The average molecular weight is 290 g/mol. The molecule has 1 aromatic rings. The Morgan fingerprint density at radius 2 is 2.33 bits per heavy atom. The first-order valence-electron chi connectivity index (χ1n) is 7.47. The first kappa shape index (κ1) is 14.1. The van der Waals surface area contributed by atoms with E-state index < -0.39 is 0 Å². The van der Waals surface area contributed by atoms with Crippen molar-refractivity contribution in [2.45, 2.75) is 38.8 Å². The number of carbonyl (C=O) groups excluding carboxylic acids is 1. The van der Waals surface area contributed by atoms with Crippen molar-refractivity contribution in [3.05, 3.63) is 33.7 Å². The standard InChI is InChI=1S/C15H22N4O2/c1-10-5-11(13(20)17-6-10)7-18-14(21)19-8-12(16)15(9-19)3-2-4-15/h5-6,12H,2-4,7-9,16H2,1H3,(H,17,20)(H,18,21). The third kappa shape index (κ3) is 2.55. The van der Waals surface area contributed by atoms with Gasteiger partial charge in [0.1, 0.15) is 0 Å². The monoisotopic (exact) mass is 290 g/mol. The number of likely N-dealkylation sites (tertiary alicyclic amines) is 1. The molecular formula is C15H22N4O2. The van der Waals surface area contributed by atoms with Gasteiger partial charge in [-0.2, -0.15) is 0 Å². The Labute approximate surface area is 123 Å². The van der Waals surface area contributed by atoms with E-state index in [2.05, 4.69) is 10.3 Å². The molecule has 6 nitrogen and oxygen atoms in total. The molecule has 0 radical (unpaired) electrons. The summed E-state index contributed by atoms with van der Waals surface area (Å²) in [7, 11) is 0. The SMILES string of the molecule is Cc1c[nH]c(=O)c(CNC(=O)N2CC(N)C3(CCC3)C2)c1. The van der Waals surface area contributed by atoms with Crippen LogP contribution in [0.5, 0.6) is 0 Å². The number of hydrogen-bond donors (Lipinski definition) is 3. The Bertz CT molecular complexity index is 606. The second kappa shape index (κ2) is 5.18. The van der Waals surface area contributed by atoms with Gasteiger partial charge in [-0.25, -0.2) is 4.79 Å². The van der Waals surface area contributed by atoms with Crippen molar-refractivity contribution in [2.24, 2.45) is 11.1 Å². The highest BCUT2D eigenvalue weighted by Gasteiger charge is 2.49. The zero-order valence-corrected chi connectivity index (χ0v) is 12.3. The Kier molecular flexibility index (Phi) is 3.49. The maximum absolute atomic E-state index is 12.2. The van der Waals surface area contributed by atoms with Crippen LogP contribution in [-0.4, -0.2) is 35.0 Å². The Balaban J connectivity index is 1.60. The summed E-state index contributed by atoms with van der Waals surface area (Å²) in [4.78, 5) is 28.4. The number of aryl methyl sites for hydroxylation is 1. The molecule has 6 heteroatoms. The maximum Gasteiger partial charge on any atom is 0.317 e. The summed E-state index contributed by atoms with van der Waals surface area (Å²) < 4.78 is 0. The molecule has 114 valence electrons. The fourth-order valence-electron chi connectivity index (χ4n) is 3.38. The van der Waals surface area contributed by atoms with Gasteiger partial charge in [0.25, 0.3) is 5.56 Å². The minimum Gasteiger partial charge on any atom is -0.334 e. The summed E-state index contributed by atoms with van der Waals surface area (Å²) in [5, 5.41) is 2.83. The highest BCUT2D eigenvalue weighted by Crippen LogP contribution is 2.47. The number of nitrogens with zero attached hydrogens (tertiary/aromatic N) is 1. The van der Waals surface area contributed by atoms with Crippen LogP contribution in [0.15, 0.2) is 17.1 Å². The van der Waals surface area contributed by atoms with Crippen LogP contribution in [0.1, 0.15) is 30.4 Å². The van der Waals surface area contributed by atoms with E-state index in [0.29, 0.717) is 12.1 Å². The van der Waals surface area contributed by atoms with Crippen molar-refractivity contribution >= 4 is 6.03 Å². The topological polar surface area (TPSA) is 91.2 Å². The van der Waals surface area contributed by atoms with Crippen LogP contribution in [0.3, 0.4) is 0 Å². The van der Waals surface area contributed by atoms with Gasteiger partial charge in [-0.05, 0) is 31.4 Å². The lowest BCUT2D eigenvalue weighted by molar-refractivity contribution is 0.125. The van der Waals surface area contributed by atoms with Gasteiger partial charge >= 0.3 is 6.03 Å². The number of hydrogen-bond acceptors (Lipinski definition) is 3. The van der Waals surface area contributed by atoms with Gasteiger partial charge in [-0.3, -0.25) is 4.79 Å². The van der Waals surface area contributed by atoms with E-state index in [0.717, 1.165) is 24.9 Å². The molecule has 1 aromatic heterocycles. The number of urea groups is 1. The lowest BCUT2D eigenvalue weighted by Gasteiger charge is -2.41. The van der Waals surface area contributed by atoms with Crippen LogP contribution in [0.25, 0.3) is 0 Å². The molecule has 2 amide bonds. The van der Waals surface area contributed by atoms with Crippen LogP contribution in [0.2, 0.25) is 0 Å². The normalized spacial score (nSPS) is 23.1. The van der Waals surface area contributed by atoms with Gasteiger partial charge in [0, 0.05) is 42.9 Å². The molecule has 3 rings (SSSR count). The summed E-state index contributed by atoms with van der Waals surface area (Å²) in [6.45, 7) is 3.50. The molecule has 1 atom stereocenters. The average Bonchev–Trinajstić information content (AvgIpc) is 2.77. The van der Waals surface area contributed by atoms with E-state index >= 15 is 0 Å². The lowest BCUT2D eigenvalue weighted by Crippen LogP contribution is -2.45. The maximum atomic E-state index is 12.2. The molecule has 1 saturated heterocycles. The van der Waals surface area contributed by atoms with E-state index in [1.54, 1.807) is 17.2 Å². The lowest BCUT2D eigenvalue weighted by atomic mass is 9.66. The van der Waals surface area contributed by atoms with Gasteiger partial charge in [-0.15, -0.1) is 0 Å². The van der Waals surface area contributed by atoms with E-state index in [9.17, 15) is 9.59 Å². The number of pyridine rings is 1. The molecule has 1 unspecified atom stereocenters. The Morgan fingerprint density at radius 1 is 1.57 bits per heavy atom. The third-order valence-electron chi connectivity index (χ3n) is 4.90. The zero-order valence-electron chi connectivity index (χ0n) is 12.3. The van der Waals surface area contributed by atoms with Crippen molar-refractivity contribution in [1.82, 2.24) is 15.2 Å².